The van der Waals surface area contributed by atoms with Crippen LogP contribution in [0.25, 0.3) is 0 Å². The van der Waals surface area contributed by atoms with Crippen LogP contribution in [0.1, 0.15) is 28.3 Å². The van der Waals surface area contributed by atoms with Crippen LogP contribution >= 0.6 is 11.8 Å². The Hall–Kier alpha value is -1.76. The highest BCUT2D eigenvalue weighted by Gasteiger charge is 2.28. The first kappa shape index (κ1) is 12.7. The van der Waals surface area contributed by atoms with E-state index in [0.717, 1.165) is 16.7 Å². The molecule has 1 fully saturated rings. The minimum absolute atomic E-state index is 0.0151. The first-order valence-electron chi connectivity index (χ1n) is 5.28. The van der Waals surface area contributed by atoms with Gasteiger partial charge in [0.2, 0.25) is 11.7 Å². The Labute approximate surface area is 107 Å². The Morgan fingerprint density at radius 3 is 2.83 bits per heavy atom. The van der Waals surface area contributed by atoms with Gasteiger partial charge in [-0.3, -0.25) is 14.5 Å². The fourth-order valence-corrected chi connectivity index (χ4v) is 2.46. The predicted octanol–water partition coefficient (Wildman–Crippen LogP) is 1.87. The summed E-state index contributed by atoms with van der Waals surface area (Å²) in [6.07, 6.45) is 0.307. The number of hydrogen-bond acceptors (Lipinski definition) is 5. The lowest BCUT2D eigenvalue weighted by Gasteiger charge is -2.22. The van der Waals surface area contributed by atoms with Gasteiger partial charge in [-0.25, -0.2) is 4.79 Å². The van der Waals surface area contributed by atoms with Crippen LogP contribution in [0, 0.1) is 6.92 Å². The lowest BCUT2D eigenvalue weighted by atomic mass is 10.2. The molecule has 1 aromatic heterocycles. The molecule has 7 heteroatoms. The number of carboxylic acid groups (broad SMARTS) is 1. The fraction of sp³-hybridized carbons (Fsp3) is 0.364. The van der Waals surface area contributed by atoms with Gasteiger partial charge in [0, 0.05) is 17.7 Å². The maximum absolute atomic E-state index is 11.6. The van der Waals surface area contributed by atoms with Crippen molar-refractivity contribution in [2.45, 2.75) is 19.9 Å². The molecule has 1 aliphatic rings. The van der Waals surface area contributed by atoms with Crippen LogP contribution in [-0.2, 0) is 11.3 Å². The summed E-state index contributed by atoms with van der Waals surface area (Å²) < 4.78 is 5.12. The maximum atomic E-state index is 11.6. The molecule has 18 heavy (non-hydrogen) atoms. The summed E-state index contributed by atoms with van der Waals surface area (Å²) in [5, 5.41) is 8.52. The van der Waals surface area contributed by atoms with Gasteiger partial charge in [0.25, 0.3) is 5.24 Å². The summed E-state index contributed by atoms with van der Waals surface area (Å²) in [5.41, 5.74) is 0.474. The quantitative estimate of drug-likeness (QED) is 0.901. The zero-order chi connectivity index (χ0) is 13.3. The van der Waals surface area contributed by atoms with Crippen molar-refractivity contribution in [3.05, 3.63) is 23.2 Å². The number of aryl methyl sites for hydroxylation is 1. The van der Waals surface area contributed by atoms with Crippen molar-refractivity contribution in [3.63, 3.8) is 0 Å². The predicted molar refractivity (Wildman–Crippen MR) is 63.4 cm³/mol. The molecule has 0 unspecified atom stereocenters. The van der Waals surface area contributed by atoms with Crippen LogP contribution < -0.4 is 0 Å². The molecule has 1 saturated heterocycles. The maximum Gasteiger partial charge on any atom is 0.372 e. The molecular weight excluding hydrogens is 258 g/mol. The van der Waals surface area contributed by atoms with Crippen molar-refractivity contribution in [3.8, 4) is 0 Å². The number of hydrogen-bond donors (Lipinski definition) is 1. The Bertz CT molecular complexity index is 506. The summed E-state index contributed by atoms with van der Waals surface area (Å²) in [4.78, 5) is 35.0. The number of carbonyl (C=O) groups excluding carboxylic acids is 2. The van der Waals surface area contributed by atoms with Gasteiger partial charge in [0.05, 0.1) is 6.54 Å². The average molecular weight is 269 g/mol. The molecule has 6 nitrogen and oxygen atoms in total. The highest BCUT2D eigenvalue weighted by Crippen LogP contribution is 2.23. The van der Waals surface area contributed by atoms with Crippen molar-refractivity contribution in [2.24, 2.45) is 0 Å². The number of furan rings is 1. The van der Waals surface area contributed by atoms with Crippen molar-refractivity contribution < 1.29 is 23.9 Å². The van der Waals surface area contributed by atoms with Gasteiger partial charge in [0.15, 0.2) is 0 Å². The van der Waals surface area contributed by atoms with E-state index in [0.29, 0.717) is 23.5 Å². The molecule has 0 saturated carbocycles. The van der Waals surface area contributed by atoms with Crippen molar-refractivity contribution in [2.75, 3.05) is 5.75 Å². The fourth-order valence-electron chi connectivity index (χ4n) is 1.69. The number of thioether (sulfide) groups is 1. The zero-order valence-corrected chi connectivity index (χ0v) is 10.5. The second-order valence-corrected chi connectivity index (χ2v) is 4.92. The molecule has 0 bridgehead atoms. The van der Waals surface area contributed by atoms with Gasteiger partial charge in [0.1, 0.15) is 5.76 Å². The number of imide groups is 1. The molecule has 0 spiro atoms. The van der Waals surface area contributed by atoms with E-state index >= 15 is 0 Å². The summed E-state index contributed by atoms with van der Waals surface area (Å²) in [7, 11) is 0. The Morgan fingerprint density at radius 1 is 1.56 bits per heavy atom. The summed E-state index contributed by atoms with van der Waals surface area (Å²) in [5.74, 6) is -0.788. The molecule has 2 rings (SSSR count). The molecule has 0 radical (unpaired) electrons. The molecule has 1 N–H and O–H groups in total. The smallest absolute Gasteiger partial charge is 0.372 e. The first-order chi connectivity index (χ1) is 8.49. The highest BCUT2D eigenvalue weighted by molar-refractivity contribution is 8.13. The molecule has 1 aromatic rings. The lowest BCUT2D eigenvalue weighted by Crippen LogP contribution is -2.37. The molecule has 2 amide bonds. The molecule has 0 aliphatic carbocycles. The van der Waals surface area contributed by atoms with Crippen molar-refractivity contribution in [1.82, 2.24) is 4.90 Å². The van der Waals surface area contributed by atoms with Crippen LogP contribution in [-0.4, -0.2) is 32.9 Å². The van der Waals surface area contributed by atoms with Gasteiger partial charge in [-0.15, -0.1) is 0 Å². The van der Waals surface area contributed by atoms with Crippen LogP contribution in [0.3, 0.4) is 0 Å². The third-order valence-corrected chi connectivity index (χ3v) is 3.42. The number of amides is 2. The summed E-state index contributed by atoms with van der Waals surface area (Å²) in [6.45, 7) is 1.59. The van der Waals surface area contributed by atoms with Gasteiger partial charge in [-0.2, -0.15) is 0 Å². The highest BCUT2D eigenvalue weighted by atomic mass is 32.2. The Kier molecular flexibility index (Phi) is 3.42. The molecule has 96 valence electrons. The van der Waals surface area contributed by atoms with E-state index in [1.165, 1.54) is 6.07 Å². The minimum Gasteiger partial charge on any atom is -0.475 e. The van der Waals surface area contributed by atoms with E-state index in [-0.39, 0.29) is 23.5 Å². The Morgan fingerprint density at radius 2 is 2.28 bits per heavy atom. The van der Waals surface area contributed by atoms with E-state index in [2.05, 4.69) is 0 Å². The van der Waals surface area contributed by atoms with Gasteiger partial charge < -0.3 is 9.52 Å². The monoisotopic (exact) mass is 269 g/mol. The Balaban J connectivity index is 2.18. The number of aromatic carboxylic acids is 1. The lowest BCUT2D eigenvalue weighted by molar-refractivity contribution is -0.128. The number of carbonyl (C=O) groups is 3. The number of rotatable bonds is 3. The van der Waals surface area contributed by atoms with Crippen LogP contribution in [0.2, 0.25) is 0 Å². The zero-order valence-electron chi connectivity index (χ0n) is 9.63. The third kappa shape index (κ3) is 2.40. The van der Waals surface area contributed by atoms with Crippen molar-refractivity contribution >= 4 is 28.9 Å². The second-order valence-electron chi connectivity index (χ2n) is 3.87. The standard InChI is InChI=1S/C11H11NO5S/c1-6-4-7(17-9(6)10(14)15)5-12-8(13)2-3-18-11(12)16/h4H,2-3,5H2,1H3,(H,14,15). The topological polar surface area (TPSA) is 87.8 Å². The largest absolute Gasteiger partial charge is 0.475 e. The van der Waals surface area contributed by atoms with Crippen molar-refractivity contribution in [1.29, 1.82) is 0 Å². The third-order valence-electron chi connectivity index (χ3n) is 2.54. The SMILES string of the molecule is Cc1cc(CN2C(=O)CCSC2=O)oc1C(=O)O. The summed E-state index contributed by atoms with van der Waals surface area (Å²) in [6, 6.07) is 1.53. The van der Waals surface area contributed by atoms with Crippen LogP contribution in [0.15, 0.2) is 10.5 Å². The molecule has 0 aromatic carbocycles. The molecule has 2 heterocycles. The van der Waals surface area contributed by atoms with E-state index in [1.54, 1.807) is 6.92 Å². The van der Waals surface area contributed by atoms with Gasteiger partial charge >= 0.3 is 5.97 Å². The normalized spacial score (nSPS) is 16.2. The first-order valence-corrected chi connectivity index (χ1v) is 6.27. The minimum atomic E-state index is -1.16. The molecular formula is C11H11NO5S. The van der Waals surface area contributed by atoms with Crippen LogP contribution in [0.4, 0.5) is 4.79 Å². The van der Waals surface area contributed by atoms with Gasteiger partial charge in [-0.1, -0.05) is 11.8 Å². The van der Waals surface area contributed by atoms with E-state index in [1.807, 2.05) is 0 Å². The average Bonchev–Trinajstić information content (AvgIpc) is 2.65. The summed E-state index contributed by atoms with van der Waals surface area (Å²) >= 11 is 1.07. The molecule has 1 aliphatic heterocycles. The van der Waals surface area contributed by atoms with E-state index in [4.69, 9.17) is 9.52 Å². The number of nitrogens with zero attached hydrogens (tertiary/aromatic N) is 1. The van der Waals surface area contributed by atoms with Crippen LogP contribution in [0.5, 0.6) is 0 Å². The van der Waals surface area contributed by atoms with E-state index < -0.39 is 5.97 Å². The van der Waals surface area contributed by atoms with E-state index in [9.17, 15) is 14.4 Å². The van der Waals surface area contributed by atoms with Gasteiger partial charge in [-0.05, 0) is 13.0 Å². The number of carboxylic acids is 1. The molecule has 0 atom stereocenters. The second kappa shape index (κ2) is 4.85.